The van der Waals surface area contributed by atoms with Gasteiger partial charge < -0.3 is 24.1 Å². The number of carbonyl (C=O) groups excluding carboxylic acids is 2. The molecule has 3 rings (SSSR count). The van der Waals surface area contributed by atoms with Crippen molar-refractivity contribution in [2.75, 3.05) is 33.8 Å². The van der Waals surface area contributed by atoms with E-state index in [-0.39, 0.29) is 11.3 Å². The summed E-state index contributed by atoms with van der Waals surface area (Å²) in [6.07, 6.45) is 2.38. The molecule has 0 saturated carbocycles. The van der Waals surface area contributed by atoms with Crippen LogP contribution in [0.2, 0.25) is 0 Å². The molecule has 0 bridgehead atoms. The Morgan fingerprint density at radius 1 is 1.21 bits per heavy atom. The second kappa shape index (κ2) is 8.96. The Hall–Kier alpha value is -3.06. The number of ketones is 1. The van der Waals surface area contributed by atoms with Crippen molar-refractivity contribution in [2.24, 2.45) is 0 Å². The van der Waals surface area contributed by atoms with Crippen molar-refractivity contribution in [2.45, 2.75) is 19.4 Å². The predicted molar refractivity (Wildman–Crippen MR) is 108 cm³/mol. The number of likely N-dealkylation sites (tertiary alicyclic amines) is 1. The SMILES string of the molecule is CCCOc1ccc(C(O)=C2C(=O)C(=O)N(CCN(C)C)[C@H]2c2ccco2)cc1. The number of nitrogens with zero attached hydrogens (tertiary/aromatic N) is 2. The van der Waals surface area contributed by atoms with E-state index in [4.69, 9.17) is 9.15 Å². The summed E-state index contributed by atoms with van der Waals surface area (Å²) in [6.45, 7) is 3.53. The molecule has 1 aromatic heterocycles. The van der Waals surface area contributed by atoms with Crippen molar-refractivity contribution in [1.29, 1.82) is 0 Å². The fraction of sp³-hybridized carbons (Fsp3) is 0.364. The van der Waals surface area contributed by atoms with E-state index in [9.17, 15) is 14.7 Å². The Morgan fingerprint density at radius 2 is 1.93 bits per heavy atom. The summed E-state index contributed by atoms with van der Waals surface area (Å²) in [5, 5.41) is 10.9. The Morgan fingerprint density at radius 3 is 2.52 bits per heavy atom. The molecule has 1 aliphatic rings. The van der Waals surface area contributed by atoms with Crippen LogP contribution in [0, 0.1) is 0 Å². The van der Waals surface area contributed by atoms with E-state index in [0.29, 0.717) is 36.8 Å². The Kier molecular flexibility index (Phi) is 6.39. The molecule has 0 radical (unpaired) electrons. The van der Waals surface area contributed by atoms with Gasteiger partial charge in [0, 0.05) is 18.7 Å². The maximum atomic E-state index is 12.8. The molecule has 1 aliphatic heterocycles. The lowest BCUT2D eigenvalue weighted by Crippen LogP contribution is -2.35. The number of amides is 1. The molecule has 154 valence electrons. The van der Waals surface area contributed by atoms with Crippen LogP contribution in [-0.4, -0.2) is 60.4 Å². The van der Waals surface area contributed by atoms with Gasteiger partial charge >= 0.3 is 0 Å². The highest BCUT2D eigenvalue weighted by atomic mass is 16.5. The first-order chi connectivity index (χ1) is 13.9. The molecule has 7 heteroatoms. The van der Waals surface area contributed by atoms with Gasteiger partial charge in [-0.05, 0) is 56.9 Å². The number of ether oxygens (including phenoxy) is 1. The maximum absolute atomic E-state index is 12.8. The fourth-order valence-corrected chi connectivity index (χ4v) is 3.25. The smallest absolute Gasteiger partial charge is 0.295 e. The number of benzene rings is 1. The summed E-state index contributed by atoms with van der Waals surface area (Å²) in [6, 6.07) is 9.44. The van der Waals surface area contributed by atoms with Gasteiger partial charge in [-0.1, -0.05) is 6.92 Å². The van der Waals surface area contributed by atoms with Crippen molar-refractivity contribution < 1.29 is 23.8 Å². The molecular weight excluding hydrogens is 372 g/mol. The maximum Gasteiger partial charge on any atom is 0.295 e. The van der Waals surface area contributed by atoms with Gasteiger partial charge in [0.2, 0.25) is 0 Å². The van der Waals surface area contributed by atoms with Crippen LogP contribution in [0.1, 0.15) is 30.7 Å². The summed E-state index contributed by atoms with van der Waals surface area (Å²) in [4.78, 5) is 28.9. The summed E-state index contributed by atoms with van der Waals surface area (Å²) in [7, 11) is 3.78. The number of furan rings is 1. The molecule has 1 aromatic carbocycles. The molecule has 0 spiro atoms. The largest absolute Gasteiger partial charge is 0.507 e. The van der Waals surface area contributed by atoms with Gasteiger partial charge in [0.05, 0.1) is 18.4 Å². The zero-order valence-corrected chi connectivity index (χ0v) is 16.9. The van der Waals surface area contributed by atoms with Crippen molar-refractivity contribution in [3.8, 4) is 5.75 Å². The lowest BCUT2D eigenvalue weighted by Gasteiger charge is -2.24. The van der Waals surface area contributed by atoms with Gasteiger partial charge in [-0.3, -0.25) is 9.59 Å². The normalized spacial score (nSPS) is 18.6. The predicted octanol–water partition coefficient (Wildman–Crippen LogP) is 3.05. The summed E-state index contributed by atoms with van der Waals surface area (Å²) >= 11 is 0. The van der Waals surface area contributed by atoms with Gasteiger partial charge in [0.15, 0.2) is 0 Å². The zero-order valence-electron chi connectivity index (χ0n) is 16.9. The standard InChI is InChI=1S/C22H26N2O5/c1-4-13-28-16-9-7-15(8-10-16)20(25)18-19(17-6-5-14-29-17)24(12-11-23(2)3)22(27)21(18)26/h5-10,14,19,25H,4,11-13H2,1-3H3/t19-/m0/s1. The zero-order chi connectivity index (χ0) is 21.0. The molecule has 7 nitrogen and oxygen atoms in total. The molecule has 1 amide bonds. The molecule has 0 unspecified atom stereocenters. The first kappa shape index (κ1) is 20.7. The average Bonchev–Trinajstić information content (AvgIpc) is 3.32. The minimum Gasteiger partial charge on any atom is -0.507 e. The van der Waals surface area contributed by atoms with Crippen molar-refractivity contribution in [3.63, 3.8) is 0 Å². The number of aliphatic hydroxyl groups is 1. The van der Waals surface area contributed by atoms with Crippen LogP contribution in [0.25, 0.3) is 5.76 Å². The second-order valence-corrected chi connectivity index (χ2v) is 7.18. The lowest BCUT2D eigenvalue weighted by atomic mass is 9.99. The summed E-state index contributed by atoms with van der Waals surface area (Å²) in [5.74, 6) is -0.462. The van der Waals surface area contributed by atoms with Crippen molar-refractivity contribution >= 4 is 17.4 Å². The van der Waals surface area contributed by atoms with E-state index in [1.165, 1.54) is 11.2 Å². The van der Waals surface area contributed by atoms with Gasteiger partial charge in [0.1, 0.15) is 23.3 Å². The van der Waals surface area contributed by atoms with E-state index in [2.05, 4.69) is 0 Å². The van der Waals surface area contributed by atoms with Crippen LogP contribution in [0.4, 0.5) is 0 Å². The van der Waals surface area contributed by atoms with E-state index < -0.39 is 17.7 Å². The summed E-state index contributed by atoms with van der Waals surface area (Å²) in [5.41, 5.74) is 0.474. The number of aliphatic hydroxyl groups excluding tert-OH is 1. The highest BCUT2D eigenvalue weighted by molar-refractivity contribution is 6.46. The van der Waals surface area contributed by atoms with Crippen LogP contribution in [0.5, 0.6) is 5.75 Å². The lowest BCUT2D eigenvalue weighted by molar-refractivity contribution is -0.140. The molecule has 1 atom stereocenters. The number of rotatable bonds is 8. The minimum absolute atomic E-state index is 0.0333. The van der Waals surface area contributed by atoms with Crippen LogP contribution in [0.15, 0.2) is 52.7 Å². The van der Waals surface area contributed by atoms with Gasteiger partial charge in [0.25, 0.3) is 11.7 Å². The first-order valence-corrected chi connectivity index (χ1v) is 9.63. The number of likely N-dealkylation sites (N-methyl/N-ethyl adjacent to an activating group) is 1. The Bertz CT molecular complexity index is 884. The number of Topliss-reactive ketones (excluding diaryl/α,β-unsaturated/α-hetero) is 1. The molecule has 29 heavy (non-hydrogen) atoms. The molecule has 1 fully saturated rings. The quantitative estimate of drug-likeness (QED) is 0.418. The van der Waals surface area contributed by atoms with Gasteiger partial charge in [-0.25, -0.2) is 0 Å². The van der Waals surface area contributed by atoms with Gasteiger partial charge in [-0.2, -0.15) is 0 Å². The molecule has 0 aliphatic carbocycles. The summed E-state index contributed by atoms with van der Waals surface area (Å²) < 4.78 is 11.1. The number of hydrogen-bond donors (Lipinski definition) is 1. The molecular formula is C22H26N2O5. The molecule has 2 aromatic rings. The number of hydrogen-bond acceptors (Lipinski definition) is 6. The highest BCUT2D eigenvalue weighted by Gasteiger charge is 2.47. The average molecular weight is 398 g/mol. The monoisotopic (exact) mass is 398 g/mol. The topological polar surface area (TPSA) is 83.2 Å². The van der Waals surface area contributed by atoms with Crippen LogP contribution < -0.4 is 4.74 Å². The van der Waals surface area contributed by atoms with Crippen molar-refractivity contribution in [3.05, 3.63) is 59.6 Å². The van der Waals surface area contributed by atoms with E-state index in [0.717, 1.165) is 6.42 Å². The van der Waals surface area contributed by atoms with Crippen LogP contribution >= 0.6 is 0 Å². The second-order valence-electron chi connectivity index (χ2n) is 7.18. The fourth-order valence-electron chi connectivity index (χ4n) is 3.25. The molecule has 2 heterocycles. The van der Waals surface area contributed by atoms with Crippen LogP contribution in [0.3, 0.4) is 0 Å². The van der Waals surface area contributed by atoms with Gasteiger partial charge in [-0.15, -0.1) is 0 Å². The Balaban J connectivity index is 1.99. The van der Waals surface area contributed by atoms with Crippen LogP contribution in [-0.2, 0) is 9.59 Å². The molecule has 1 saturated heterocycles. The third kappa shape index (κ3) is 4.35. The molecule has 1 N–H and O–H groups in total. The van der Waals surface area contributed by atoms with E-state index in [1.54, 1.807) is 36.4 Å². The third-order valence-corrected chi connectivity index (χ3v) is 4.74. The first-order valence-electron chi connectivity index (χ1n) is 9.63. The number of carbonyl (C=O) groups is 2. The van der Waals surface area contributed by atoms with E-state index >= 15 is 0 Å². The minimum atomic E-state index is -0.763. The Labute approximate surface area is 170 Å². The third-order valence-electron chi connectivity index (χ3n) is 4.74. The van der Waals surface area contributed by atoms with E-state index in [1.807, 2.05) is 25.9 Å². The highest BCUT2D eigenvalue weighted by Crippen LogP contribution is 2.39. The van der Waals surface area contributed by atoms with Crippen molar-refractivity contribution in [1.82, 2.24) is 9.80 Å².